The average Bonchev–Trinajstić information content (AvgIpc) is 2.26. The van der Waals surface area contributed by atoms with Crippen molar-refractivity contribution in [1.82, 2.24) is 5.32 Å². The van der Waals surface area contributed by atoms with Crippen molar-refractivity contribution < 1.29 is 9.90 Å². The summed E-state index contributed by atoms with van der Waals surface area (Å²) >= 11 is 3.37. The van der Waals surface area contributed by atoms with E-state index in [1.807, 2.05) is 31.2 Å². The zero-order valence-electron chi connectivity index (χ0n) is 10.9. The molecule has 0 saturated heterocycles. The van der Waals surface area contributed by atoms with Gasteiger partial charge in [-0.25, -0.2) is 0 Å². The fourth-order valence-corrected chi connectivity index (χ4v) is 2.26. The molecule has 1 amide bonds. The van der Waals surface area contributed by atoms with Crippen LogP contribution in [0.2, 0.25) is 0 Å². The van der Waals surface area contributed by atoms with Gasteiger partial charge in [0.05, 0.1) is 12.0 Å². The quantitative estimate of drug-likeness (QED) is 0.848. The van der Waals surface area contributed by atoms with Crippen molar-refractivity contribution in [1.29, 1.82) is 0 Å². The zero-order valence-corrected chi connectivity index (χ0v) is 12.5. The van der Waals surface area contributed by atoms with Crippen molar-refractivity contribution in [2.45, 2.75) is 38.7 Å². The summed E-state index contributed by atoms with van der Waals surface area (Å²) in [6, 6.07) is 7.66. The third-order valence-corrected chi connectivity index (χ3v) is 3.20. The third-order valence-electron chi connectivity index (χ3n) is 2.71. The Hall–Kier alpha value is -0.870. The molecule has 1 unspecified atom stereocenters. The van der Waals surface area contributed by atoms with Crippen molar-refractivity contribution in [2.24, 2.45) is 0 Å². The third kappa shape index (κ3) is 5.65. The molecule has 0 radical (unpaired) electrons. The van der Waals surface area contributed by atoms with Crippen LogP contribution in [0.3, 0.4) is 0 Å². The molecule has 4 heteroatoms. The number of carbonyl (C=O) groups is 1. The van der Waals surface area contributed by atoms with E-state index in [0.717, 1.165) is 16.5 Å². The summed E-state index contributed by atoms with van der Waals surface area (Å²) in [5, 5.41) is 12.7. The molecule has 0 fully saturated rings. The number of carbonyl (C=O) groups excluding carboxylic acids is 1. The number of nitrogens with one attached hydrogen (secondary N) is 1. The van der Waals surface area contributed by atoms with Crippen molar-refractivity contribution in [3.63, 3.8) is 0 Å². The average molecular weight is 314 g/mol. The predicted octanol–water partition coefficient (Wildman–Crippen LogP) is 2.66. The van der Waals surface area contributed by atoms with E-state index in [0.29, 0.717) is 19.4 Å². The van der Waals surface area contributed by atoms with Gasteiger partial charge in [-0.15, -0.1) is 0 Å². The lowest BCUT2D eigenvalue weighted by atomic mass is 10.0. The Morgan fingerprint density at radius 2 is 2.22 bits per heavy atom. The molecule has 3 nitrogen and oxygen atoms in total. The van der Waals surface area contributed by atoms with E-state index in [9.17, 15) is 9.90 Å². The summed E-state index contributed by atoms with van der Waals surface area (Å²) in [5.41, 5.74) is 0.138. The molecule has 0 aromatic heterocycles. The molecule has 0 bridgehead atoms. The Labute approximate surface area is 117 Å². The summed E-state index contributed by atoms with van der Waals surface area (Å²) in [6.07, 6.45) is 1.92. The van der Waals surface area contributed by atoms with Gasteiger partial charge in [-0.2, -0.15) is 0 Å². The van der Waals surface area contributed by atoms with Crippen LogP contribution < -0.4 is 5.32 Å². The Bertz CT molecular complexity index is 405. The molecule has 18 heavy (non-hydrogen) atoms. The lowest BCUT2D eigenvalue weighted by molar-refractivity contribution is -0.121. The Balaban J connectivity index is 2.43. The monoisotopic (exact) mass is 313 g/mol. The van der Waals surface area contributed by atoms with Gasteiger partial charge >= 0.3 is 0 Å². The van der Waals surface area contributed by atoms with Crippen LogP contribution in [0.1, 0.15) is 32.3 Å². The first-order valence-corrected chi connectivity index (χ1v) is 6.96. The number of hydrogen-bond donors (Lipinski definition) is 2. The second-order valence-electron chi connectivity index (χ2n) is 4.83. The molecular weight excluding hydrogens is 294 g/mol. The fourth-order valence-electron chi connectivity index (χ4n) is 1.81. The van der Waals surface area contributed by atoms with Crippen molar-refractivity contribution in [2.75, 3.05) is 6.54 Å². The number of amides is 1. The number of halogens is 1. The van der Waals surface area contributed by atoms with E-state index in [2.05, 4.69) is 21.2 Å². The van der Waals surface area contributed by atoms with Crippen LogP contribution in [0.5, 0.6) is 0 Å². The Kier molecular flexibility index (Phi) is 5.82. The molecule has 1 atom stereocenters. The highest BCUT2D eigenvalue weighted by atomic mass is 79.9. The summed E-state index contributed by atoms with van der Waals surface area (Å²) in [6.45, 7) is 4.06. The fraction of sp³-hybridized carbons (Fsp3) is 0.500. The zero-order chi connectivity index (χ0) is 13.6. The van der Waals surface area contributed by atoms with Gasteiger partial charge in [-0.05, 0) is 31.0 Å². The van der Waals surface area contributed by atoms with E-state index < -0.39 is 5.60 Å². The van der Waals surface area contributed by atoms with Gasteiger partial charge in [0, 0.05) is 11.0 Å². The Morgan fingerprint density at radius 1 is 1.50 bits per heavy atom. The highest BCUT2D eigenvalue weighted by molar-refractivity contribution is 9.10. The minimum absolute atomic E-state index is 0.0653. The van der Waals surface area contributed by atoms with Gasteiger partial charge in [0.15, 0.2) is 0 Å². The normalized spacial score (nSPS) is 14.0. The van der Waals surface area contributed by atoms with Crippen LogP contribution in [-0.4, -0.2) is 23.2 Å². The maximum atomic E-state index is 11.7. The predicted molar refractivity (Wildman–Crippen MR) is 76.4 cm³/mol. The molecule has 2 N–H and O–H groups in total. The minimum Gasteiger partial charge on any atom is -0.388 e. The van der Waals surface area contributed by atoms with E-state index in [4.69, 9.17) is 0 Å². The lowest BCUT2D eigenvalue weighted by Gasteiger charge is -2.22. The van der Waals surface area contributed by atoms with E-state index >= 15 is 0 Å². The van der Waals surface area contributed by atoms with Crippen LogP contribution in [0.15, 0.2) is 28.7 Å². The molecule has 1 aromatic carbocycles. The van der Waals surface area contributed by atoms with Gasteiger partial charge in [-0.1, -0.05) is 41.4 Å². The van der Waals surface area contributed by atoms with Crippen molar-refractivity contribution in [3.05, 3.63) is 34.3 Å². The van der Waals surface area contributed by atoms with Gasteiger partial charge in [0.2, 0.25) is 5.91 Å². The van der Waals surface area contributed by atoms with E-state index in [1.54, 1.807) is 6.92 Å². The first kappa shape index (κ1) is 15.2. The maximum Gasteiger partial charge on any atom is 0.224 e. The van der Waals surface area contributed by atoms with Gasteiger partial charge < -0.3 is 10.4 Å². The summed E-state index contributed by atoms with van der Waals surface area (Å²) in [5.74, 6) is -0.0653. The highest BCUT2D eigenvalue weighted by Crippen LogP contribution is 2.13. The molecule has 1 rings (SSSR count). The molecule has 1 aromatic rings. The topological polar surface area (TPSA) is 49.3 Å². The van der Waals surface area contributed by atoms with Crippen LogP contribution in [0.4, 0.5) is 0 Å². The van der Waals surface area contributed by atoms with Crippen LogP contribution in [0, 0.1) is 0 Å². The molecule has 0 aliphatic carbocycles. The summed E-state index contributed by atoms with van der Waals surface area (Å²) < 4.78 is 0.964. The lowest BCUT2D eigenvalue weighted by Crippen LogP contribution is -2.41. The molecule has 0 spiro atoms. The van der Waals surface area contributed by atoms with E-state index in [1.165, 1.54) is 0 Å². The summed E-state index contributed by atoms with van der Waals surface area (Å²) in [4.78, 5) is 11.7. The number of aliphatic hydroxyl groups is 1. The molecule has 0 aliphatic rings. The summed E-state index contributed by atoms with van der Waals surface area (Å²) in [7, 11) is 0. The van der Waals surface area contributed by atoms with Crippen molar-refractivity contribution >= 4 is 21.8 Å². The Morgan fingerprint density at radius 3 is 2.83 bits per heavy atom. The van der Waals surface area contributed by atoms with Gasteiger partial charge in [0.25, 0.3) is 0 Å². The minimum atomic E-state index is -0.818. The second-order valence-corrected chi connectivity index (χ2v) is 5.75. The van der Waals surface area contributed by atoms with Gasteiger partial charge in [0.1, 0.15) is 0 Å². The second kappa shape index (κ2) is 6.90. The first-order valence-electron chi connectivity index (χ1n) is 6.16. The maximum absolute atomic E-state index is 11.7. The van der Waals surface area contributed by atoms with Gasteiger partial charge in [-0.3, -0.25) is 4.79 Å². The highest BCUT2D eigenvalue weighted by Gasteiger charge is 2.19. The van der Waals surface area contributed by atoms with E-state index in [-0.39, 0.29) is 5.91 Å². The molecule has 0 heterocycles. The first-order chi connectivity index (χ1) is 8.43. The molecule has 0 saturated carbocycles. The molecule has 0 aliphatic heterocycles. The largest absolute Gasteiger partial charge is 0.388 e. The smallest absolute Gasteiger partial charge is 0.224 e. The van der Waals surface area contributed by atoms with Crippen LogP contribution in [0.25, 0.3) is 0 Å². The SMILES string of the molecule is CCCC(C)(O)CNC(=O)Cc1cccc(Br)c1. The van der Waals surface area contributed by atoms with Crippen LogP contribution >= 0.6 is 15.9 Å². The standard InChI is InChI=1S/C14H20BrNO2/c1-3-7-14(2,18)10-16-13(17)9-11-5-4-6-12(15)8-11/h4-6,8,18H,3,7,9-10H2,1-2H3,(H,16,17). The van der Waals surface area contributed by atoms with Crippen molar-refractivity contribution in [3.8, 4) is 0 Å². The molecule has 100 valence electrons. The molecular formula is C14H20BrNO2. The number of hydrogen-bond acceptors (Lipinski definition) is 2. The number of benzene rings is 1. The van der Waals surface area contributed by atoms with Crippen LogP contribution in [-0.2, 0) is 11.2 Å². The number of rotatable bonds is 6.